The maximum atomic E-state index is 2.55. The van der Waals surface area contributed by atoms with Crippen molar-refractivity contribution in [3.8, 4) is 44.8 Å². The zero-order valence-corrected chi connectivity index (χ0v) is 44.7. The zero-order valence-electron chi connectivity index (χ0n) is 43.9. The van der Waals surface area contributed by atoms with Gasteiger partial charge in [-0.3, -0.25) is 0 Å². The number of hydrogen-bond acceptors (Lipinski definition) is 2. The summed E-state index contributed by atoms with van der Waals surface area (Å²) in [5.74, 6) is 0. The van der Waals surface area contributed by atoms with Crippen LogP contribution < -0.4 is 4.90 Å². The molecule has 16 aromatic rings. The molecule has 376 valence electrons. The summed E-state index contributed by atoms with van der Waals surface area (Å²) in [5, 5.41) is 9.93. The zero-order chi connectivity index (χ0) is 52.9. The highest BCUT2D eigenvalue weighted by Crippen LogP contribution is 2.65. The highest BCUT2D eigenvalue weighted by atomic mass is 32.1. The number of hydrogen-bond donors (Lipinski definition) is 0. The van der Waals surface area contributed by atoms with Crippen LogP contribution in [0.2, 0.25) is 0 Å². The van der Waals surface area contributed by atoms with Gasteiger partial charge in [-0.05, 0) is 140 Å². The lowest BCUT2D eigenvalue weighted by Crippen LogP contribution is -2.26. The van der Waals surface area contributed by atoms with Crippen molar-refractivity contribution in [1.29, 1.82) is 0 Å². The molecule has 18 rings (SSSR count). The number of benzene rings is 13. The maximum absolute atomic E-state index is 2.55. The number of rotatable bonds is 6. The van der Waals surface area contributed by atoms with Gasteiger partial charge in [0.25, 0.3) is 0 Å². The van der Waals surface area contributed by atoms with Crippen molar-refractivity contribution in [2.75, 3.05) is 4.90 Å². The summed E-state index contributed by atoms with van der Waals surface area (Å²) in [4.78, 5) is 2.55. The highest BCUT2D eigenvalue weighted by Gasteiger charge is 2.52. The van der Waals surface area contributed by atoms with Crippen LogP contribution in [-0.4, -0.2) is 9.13 Å². The Hall–Kier alpha value is -10.3. The first-order valence-corrected chi connectivity index (χ1v) is 28.8. The van der Waals surface area contributed by atoms with Crippen LogP contribution in [0.3, 0.4) is 0 Å². The third-order valence-electron chi connectivity index (χ3n) is 17.9. The van der Waals surface area contributed by atoms with E-state index in [0.717, 1.165) is 28.4 Å². The Labute approximate surface area is 471 Å². The number of anilines is 3. The first kappa shape index (κ1) is 44.7. The second kappa shape index (κ2) is 16.9. The summed E-state index contributed by atoms with van der Waals surface area (Å²) in [7, 11) is 0. The van der Waals surface area contributed by atoms with Gasteiger partial charge in [0.15, 0.2) is 0 Å². The van der Waals surface area contributed by atoms with Crippen LogP contribution in [0.1, 0.15) is 22.3 Å². The smallest absolute Gasteiger partial charge is 0.0726 e. The van der Waals surface area contributed by atoms with E-state index in [0.29, 0.717) is 0 Å². The van der Waals surface area contributed by atoms with Crippen molar-refractivity contribution in [2.45, 2.75) is 5.41 Å². The van der Waals surface area contributed by atoms with E-state index in [1.807, 2.05) is 11.3 Å². The fourth-order valence-corrected chi connectivity index (χ4v) is 15.7. The van der Waals surface area contributed by atoms with E-state index in [2.05, 4.69) is 299 Å². The van der Waals surface area contributed by atoms with Gasteiger partial charge in [0.05, 0.1) is 33.2 Å². The van der Waals surface area contributed by atoms with Crippen LogP contribution in [0.4, 0.5) is 17.1 Å². The fraction of sp³-hybridized carbons (Fsp3) is 0.0130. The van der Waals surface area contributed by atoms with Gasteiger partial charge in [-0.15, -0.1) is 11.3 Å². The van der Waals surface area contributed by atoms with Crippen molar-refractivity contribution in [2.24, 2.45) is 0 Å². The van der Waals surface area contributed by atoms with Crippen molar-refractivity contribution < 1.29 is 0 Å². The van der Waals surface area contributed by atoms with Gasteiger partial charge in [0.1, 0.15) is 0 Å². The molecule has 0 radical (unpaired) electrons. The fourth-order valence-electron chi connectivity index (χ4n) is 14.6. The number of nitrogens with zero attached hydrogens (tertiary/aromatic N) is 3. The van der Waals surface area contributed by atoms with E-state index < -0.39 is 5.41 Å². The maximum Gasteiger partial charge on any atom is 0.0726 e. The summed E-state index contributed by atoms with van der Waals surface area (Å²) in [6.07, 6.45) is 0. The molecule has 1 spiro atoms. The summed E-state index contributed by atoms with van der Waals surface area (Å²) in [6.45, 7) is 0. The molecule has 0 N–H and O–H groups in total. The predicted molar refractivity (Wildman–Crippen MR) is 342 cm³/mol. The van der Waals surface area contributed by atoms with Gasteiger partial charge in [-0.1, -0.05) is 200 Å². The molecule has 0 saturated carbocycles. The minimum absolute atomic E-state index is 0.477. The van der Waals surface area contributed by atoms with Crippen LogP contribution in [0.25, 0.3) is 119 Å². The average molecular weight is 1050 g/mol. The lowest BCUT2D eigenvalue weighted by Gasteiger charge is -2.32. The molecule has 0 atom stereocenters. The lowest BCUT2D eigenvalue weighted by atomic mass is 9.70. The number of aromatic nitrogens is 2. The van der Waals surface area contributed by atoms with E-state index in [1.54, 1.807) is 0 Å². The molecule has 0 aliphatic heterocycles. The normalized spacial score (nSPS) is 13.0. The van der Waals surface area contributed by atoms with Crippen LogP contribution in [-0.2, 0) is 5.41 Å². The molecule has 3 aromatic heterocycles. The van der Waals surface area contributed by atoms with Crippen molar-refractivity contribution in [3.63, 3.8) is 0 Å². The van der Waals surface area contributed by atoms with Crippen LogP contribution in [0.15, 0.2) is 285 Å². The van der Waals surface area contributed by atoms with E-state index in [4.69, 9.17) is 0 Å². The van der Waals surface area contributed by atoms with Gasteiger partial charge >= 0.3 is 0 Å². The Bertz CT molecular complexity index is 5280. The monoisotopic (exact) mass is 1050 g/mol. The predicted octanol–water partition coefficient (Wildman–Crippen LogP) is 20.9. The van der Waals surface area contributed by atoms with Gasteiger partial charge in [0.2, 0.25) is 0 Å². The summed E-state index contributed by atoms with van der Waals surface area (Å²) >= 11 is 1.88. The molecule has 3 nitrogen and oxygen atoms in total. The topological polar surface area (TPSA) is 13.1 Å². The molecule has 0 saturated heterocycles. The molecule has 4 heteroatoms. The molecule has 0 fully saturated rings. The van der Waals surface area contributed by atoms with Crippen LogP contribution in [0, 0.1) is 0 Å². The standard InChI is InChI=1S/C77H47N3S/c1-2-20-51(21-3-1)79-69-33-14-10-25-59(69)63-46-53(40-42-71(63)79)78(72-35-17-32-68-75(72)62-26-8-13-31-67(62)77(68)65-29-11-6-22-56(65)57-23-7-12-30-66(57)77)54-39-41-60-64-45-50(37-43-73(64)81-74(60)47-54)55-27-16-28-61-58-24-9-15-34-70(58)80(76(55)61)52-38-36-48-18-4-5-19-49(48)44-52/h1-47H. The number of thiophene rings is 1. The summed E-state index contributed by atoms with van der Waals surface area (Å²) in [6, 6.07) is 107. The second-order valence-corrected chi connectivity index (χ2v) is 23.0. The molecule has 3 heterocycles. The second-order valence-electron chi connectivity index (χ2n) is 21.9. The van der Waals surface area contributed by atoms with E-state index in [9.17, 15) is 0 Å². The van der Waals surface area contributed by atoms with E-state index in [-0.39, 0.29) is 0 Å². The lowest BCUT2D eigenvalue weighted by molar-refractivity contribution is 0.794. The first-order valence-electron chi connectivity index (χ1n) is 28.0. The molecule has 2 aliphatic carbocycles. The molecule has 0 unspecified atom stereocenters. The average Bonchev–Trinajstić information content (AvgIpc) is 3.74. The molecular formula is C77H47N3S. The summed E-state index contributed by atoms with van der Waals surface area (Å²) < 4.78 is 7.41. The van der Waals surface area contributed by atoms with Crippen molar-refractivity contribution in [3.05, 3.63) is 307 Å². The Morgan fingerprint density at radius 2 is 0.901 bits per heavy atom. The minimum Gasteiger partial charge on any atom is -0.310 e. The Morgan fingerprint density at radius 1 is 0.309 bits per heavy atom. The van der Waals surface area contributed by atoms with Gasteiger partial charge < -0.3 is 14.0 Å². The Balaban J connectivity index is 0.856. The summed E-state index contributed by atoms with van der Waals surface area (Å²) in [5.41, 5.74) is 22.9. The number of fused-ring (bicyclic) bond motifs is 20. The van der Waals surface area contributed by atoms with Gasteiger partial charge in [0, 0.05) is 75.6 Å². The molecule has 81 heavy (non-hydrogen) atoms. The van der Waals surface area contributed by atoms with Crippen LogP contribution in [0.5, 0.6) is 0 Å². The van der Waals surface area contributed by atoms with Crippen LogP contribution >= 0.6 is 11.3 Å². The Morgan fingerprint density at radius 3 is 1.70 bits per heavy atom. The third kappa shape index (κ3) is 6.17. The quantitative estimate of drug-likeness (QED) is 0.162. The molecule has 0 bridgehead atoms. The van der Waals surface area contributed by atoms with Gasteiger partial charge in [-0.2, -0.15) is 0 Å². The molecule has 2 aliphatic rings. The molecule has 0 amide bonds. The first-order chi connectivity index (χ1) is 40.2. The van der Waals surface area contributed by atoms with E-state index >= 15 is 0 Å². The van der Waals surface area contributed by atoms with E-state index in [1.165, 1.54) is 130 Å². The molecule has 13 aromatic carbocycles. The van der Waals surface area contributed by atoms with Crippen molar-refractivity contribution in [1.82, 2.24) is 9.13 Å². The number of para-hydroxylation sites is 4. The molecular weight excluding hydrogens is 999 g/mol. The Kier molecular flexibility index (Phi) is 9.31. The SMILES string of the molecule is c1ccc(-n2c3ccccc3c3cc(N(c4ccc5c(c4)sc4ccc(-c6cccc7c8ccccc8n(-c8ccc9ccccc9c8)c67)cc45)c4cccc5c4-c4ccccc4C54c5ccccc5-c5ccccc54)ccc32)cc1. The third-order valence-corrected chi connectivity index (χ3v) is 19.0. The minimum atomic E-state index is -0.477. The van der Waals surface area contributed by atoms with Crippen molar-refractivity contribution >= 4 is 103 Å². The largest absolute Gasteiger partial charge is 0.310 e. The highest BCUT2D eigenvalue weighted by molar-refractivity contribution is 7.25. The van der Waals surface area contributed by atoms with Gasteiger partial charge in [-0.25, -0.2) is 0 Å².